The van der Waals surface area contributed by atoms with E-state index in [1.165, 1.54) is 79.0 Å². The van der Waals surface area contributed by atoms with E-state index in [2.05, 4.69) is 150 Å². The summed E-state index contributed by atoms with van der Waals surface area (Å²) < 4.78 is 7.44. The molecule has 12 rings (SSSR count). The van der Waals surface area contributed by atoms with Gasteiger partial charge in [0.1, 0.15) is 0 Å². The molecule has 0 bridgehead atoms. The summed E-state index contributed by atoms with van der Waals surface area (Å²) in [6, 6.07) is 64.8. The molecule has 4 heterocycles. The minimum Gasteiger partial charge on any atom is -0.308 e. The van der Waals surface area contributed by atoms with Crippen LogP contribution in [0.4, 0.5) is 0 Å². The van der Waals surface area contributed by atoms with Gasteiger partial charge in [0.15, 0.2) is 17.5 Å². The van der Waals surface area contributed by atoms with Crippen molar-refractivity contribution in [3.8, 4) is 51.0 Å². The zero-order valence-electron chi connectivity index (χ0n) is 30.4. The Balaban J connectivity index is 1.03. The molecule has 0 aliphatic heterocycles. The van der Waals surface area contributed by atoms with Crippen LogP contribution in [0.15, 0.2) is 182 Å². The lowest BCUT2D eigenvalue weighted by Crippen LogP contribution is -2.00. The predicted octanol–water partition coefficient (Wildman–Crippen LogP) is 14.4. The van der Waals surface area contributed by atoms with Crippen molar-refractivity contribution in [2.45, 2.75) is 0 Å². The average Bonchev–Trinajstić information content (AvgIpc) is 3.96. The van der Waals surface area contributed by atoms with Crippen LogP contribution in [-0.4, -0.2) is 19.5 Å². The highest BCUT2D eigenvalue weighted by molar-refractivity contribution is 7.27. The Labute approximate surface area is 335 Å². The van der Waals surface area contributed by atoms with Gasteiger partial charge in [0.2, 0.25) is 0 Å². The van der Waals surface area contributed by atoms with Crippen molar-refractivity contribution in [1.82, 2.24) is 19.5 Å². The monoisotopic (exact) mass is 762 g/mol. The van der Waals surface area contributed by atoms with Gasteiger partial charge in [-0.1, -0.05) is 146 Å². The molecule has 0 N–H and O–H groups in total. The molecular formula is C51H30N4S2. The first-order chi connectivity index (χ1) is 28.3. The number of hydrogen-bond acceptors (Lipinski definition) is 5. The van der Waals surface area contributed by atoms with E-state index >= 15 is 0 Å². The fourth-order valence-corrected chi connectivity index (χ4v) is 11.0. The maximum atomic E-state index is 5.10. The zero-order valence-corrected chi connectivity index (χ0v) is 32.1. The Hall–Kier alpha value is -6.99. The van der Waals surface area contributed by atoms with Crippen LogP contribution < -0.4 is 0 Å². The first kappa shape index (κ1) is 32.3. The van der Waals surface area contributed by atoms with Crippen molar-refractivity contribution < 1.29 is 0 Å². The molecule has 6 heteroatoms. The van der Waals surface area contributed by atoms with E-state index in [-0.39, 0.29) is 0 Å². The van der Waals surface area contributed by atoms with Crippen LogP contribution in [0.2, 0.25) is 0 Å². The highest BCUT2D eigenvalue weighted by Gasteiger charge is 2.20. The molecule has 57 heavy (non-hydrogen) atoms. The highest BCUT2D eigenvalue weighted by atomic mass is 32.1. The van der Waals surface area contributed by atoms with Gasteiger partial charge in [-0.05, 0) is 47.5 Å². The van der Waals surface area contributed by atoms with Crippen LogP contribution in [0.3, 0.4) is 0 Å². The summed E-state index contributed by atoms with van der Waals surface area (Å²) in [5, 5.41) is 7.55. The van der Waals surface area contributed by atoms with Gasteiger partial charge in [-0.15, -0.1) is 22.7 Å². The van der Waals surface area contributed by atoms with Crippen molar-refractivity contribution >= 4 is 84.8 Å². The van der Waals surface area contributed by atoms with Gasteiger partial charge in [-0.25, -0.2) is 15.0 Å². The van der Waals surface area contributed by atoms with Gasteiger partial charge < -0.3 is 4.57 Å². The van der Waals surface area contributed by atoms with Gasteiger partial charge >= 0.3 is 0 Å². The molecule has 8 aromatic carbocycles. The molecule has 266 valence electrons. The van der Waals surface area contributed by atoms with Crippen molar-refractivity contribution in [3.05, 3.63) is 182 Å². The molecule has 0 spiro atoms. The van der Waals surface area contributed by atoms with Crippen LogP contribution >= 0.6 is 22.7 Å². The fourth-order valence-electron chi connectivity index (χ4n) is 8.46. The lowest BCUT2D eigenvalue weighted by molar-refractivity contribution is 1.08. The number of nitrogens with zero attached hydrogens (tertiary/aromatic N) is 4. The van der Waals surface area contributed by atoms with E-state index in [0.29, 0.717) is 17.5 Å². The molecule has 0 fully saturated rings. The van der Waals surface area contributed by atoms with Crippen LogP contribution in [0.5, 0.6) is 0 Å². The summed E-state index contributed by atoms with van der Waals surface area (Å²) >= 11 is 3.70. The molecule has 0 saturated heterocycles. The first-order valence-corrected chi connectivity index (χ1v) is 20.7. The minimum atomic E-state index is 0.663. The molecule has 0 amide bonds. The number of rotatable bonds is 5. The number of fused-ring (bicyclic) bond motifs is 9. The maximum Gasteiger partial charge on any atom is 0.165 e. The zero-order chi connectivity index (χ0) is 37.5. The second-order valence-electron chi connectivity index (χ2n) is 14.3. The second-order valence-corrected chi connectivity index (χ2v) is 16.4. The third-order valence-electron chi connectivity index (χ3n) is 11.1. The molecule has 0 atom stereocenters. The Bertz CT molecular complexity index is 3410. The molecule has 0 unspecified atom stereocenters. The normalized spacial score (nSPS) is 11.9. The molecule has 0 radical (unpaired) electrons. The molecule has 0 aliphatic rings. The van der Waals surface area contributed by atoms with Crippen LogP contribution in [0.1, 0.15) is 0 Å². The SMILES string of the molecule is c1ccc(-c2nc(-c3ccccc3)nc(-c3cccc4c3sc3c(-c5ccc6sc7c(-n8c9ccccc9c9ccccc98)cccc7c6c5)cccc34)n2)cc1. The van der Waals surface area contributed by atoms with Crippen LogP contribution in [0.25, 0.3) is 113 Å². The smallest absolute Gasteiger partial charge is 0.165 e. The lowest BCUT2D eigenvalue weighted by Gasteiger charge is -2.09. The fraction of sp³-hybridized carbons (Fsp3) is 0. The number of para-hydroxylation sites is 2. The number of benzene rings is 8. The summed E-state index contributed by atoms with van der Waals surface area (Å²) in [5.41, 5.74) is 9.04. The third kappa shape index (κ3) is 5.08. The summed E-state index contributed by atoms with van der Waals surface area (Å²) in [6.07, 6.45) is 0. The van der Waals surface area contributed by atoms with Gasteiger partial charge in [-0.2, -0.15) is 0 Å². The predicted molar refractivity (Wildman–Crippen MR) is 242 cm³/mol. The van der Waals surface area contributed by atoms with E-state index in [1.807, 2.05) is 59.1 Å². The third-order valence-corrected chi connectivity index (χ3v) is 13.6. The van der Waals surface area contributed by atoms with E-state index < -0.39 is 0 Å². The summed E-state index contributed by atoms with van der Waals surface area (Å²) in [6.45, 7) is 0. The summed E-state index contributed by atoms with van der Waals surface area (Å²) in [7, 11) is 0. The standard InChI is InChI=1S/C51H30N4S2/c1-3-14-31(15-4-1)49-52-50(32-16-5-2-6-17-32)54-51(53-49)40-24-12-22-38-37-21-11-20-34(46(37)57-47(38)40)33-28-29-45-41(30-33)39-23-13-27-44(48(39)56-45)55-42-25-9-7-18-35(42)36-19-8-10-26-43(36)55/h1-30H. The lowest BCUT2D eigenvalue weighted by atomic mass is 10.00. The van der Waals surface area contributed by atoms with Gasteiger partial charge in [-0.3, -0.25) is 0 Å². The largest absolute Gasteiger partial charge is 0.308 e. The molecule has 12 aromatic rings. The van der Waals surface area contributed by atoms with Gasteiger partial charge in [0, 0.05) is 63.1 Å². The van der Waals surface area contributed by atoms with E-state index in [1.54, 1.807) is 0 Å². The number of thiophene rings is 2. The van der Waals surface area contributed by atoms with Crippen LogP contribution in [-0.2, 0) is 0 Å². The van der Waals surface area contributed by atoms with Gasteiger partial charge in [0.05, 0.1) is 21.4 Å². The first-order valence-electron chi connectivity index (χ1n) is 19.0. The average molecular weight is 763 g/mol. The summed E-state index contributed by atoms with van der Waals surface area (Å²) in [5.74, 6) is 2.00. The summed E-state index contributed by atoms with van der Waals surface area (Å²) in [4.78, 5) is 15.1. The quantitative estimate of drug-likeness (QED) is 0.175. The van der Waals surface area contributed by atoms with Crippen molar-refractivity contribution in [2.24, 2.45) is 0 Å². The molecule has 0 aliphatic carbocycles. The Morgan fingerprint density at radius 1 is 0.333 bits per heavy atom. The van der Waals surface area contributed by atoms with E-state index in [4.69, 9.17) is 15.0 Å². The minimum absolute atomic E-state index is 0.663. The van der Waals surface area contributed by atoms with Crippen molar-refractivity contribution in [1.29, 1.82) is 0 Å². The Morgan fingerprint density at radius 3 is 1.49 bits per heavy atom. The van der Waals surface area contributed by atoms with Crippen molar-refractivity contribution in [2.75, 3.05) is 0 Å². The molecule has 4 nitrogen and oxygen atoms in total. The van der Waals surface area contributed by atoms with E-state index in [9.17, 15) is 0 Å². The van der Waals surface area contributed by atoms with Crippen LogP contribution in [0, 0.1) is 0 Å². The maximum absolute atomic E-state index is 5.10. The number of aromatic nitrogens is 4. The number of hydrogen-bond donors (Lipinski definition) is 0. The molecule has 0 saturated carbocycles. The Morgan fingerprint density at radius 2 is 0.842 bits per heavy atom. The Kier molecular flexibility index (Phi) is 7.24. The highest BCUT2D eigenvalue weighted by Crippen LogP contribution is 2.46. The topological polar surface area (TPSA) is 43.6 Å². The second kappa shape index (κ2) is 12.8. The molecule has 4 aromatic heterocycles. The van der Waals surface area contributed by atoms with Crippen molar-refractivity contribution in [3.63, 3.8) is 0 Å². The molecular weight excluding hydrogens is 733 g/mol. The van der Waals surface area contributed by atoms with E-state index in [0.717, 1.165) is 16.7 Å². The van der Waals surface area contributed by atoms with Gasteiger partial charge in [0.25, 0.3) is 0 Å².